The summed E-state index contributed by atoms with van der Waals surface area (Å²) in [5, 5.41) is 4.18. The maximum Gasteiger partial charge on any atom is 0.250 e. The van der Waals surface area contributed by atoms with E-state index in [1.54, 1.807) is 18.0 Å². The smallest absolute Gasteiger partial charge is 0.250 e. The second-order valence-corrected chi connectivity index (χ2v) is 9.12. The third-order valence-corrected chi connectivity index (χ3v) is 6.73. The van der Waals surface area contributed by atoms with E-state index in [9.17, 15) is 4.79 Å². The van der Waals surface area contributed by atoms with Crippen LogP contribution in [0.5, 0.6) is 0 Å². The maximum absolute atomic E-state index is 12.1. The van der Waals surface area contributed by atoms with E-state index >= 15 is 0 Å². The molecule has 0 aliphatic carbocycles. The molecule has 4 nitrogen and oxygen atoms in total. The topological polar surface area (TPSA) is 46.4 Å². The molecule has 0 spiro atoms. The van der Waals surface area contributed by atoms with Crippen LogP contribution in [0.4, 0.5) is 0 Å². The van der Waals surface area contributed by atoms with Gasteiger partial charge >= 0.3 is 0 Å². The van der Waals surface area contributed by atoms with E-state index in [0.717, 1.165) is 27.2 Å². The summed E-state index contributed by atoms with van der Waals surface area (Å²) < 4.78 is 3.32. The zero-order valence-corrected chi connectivity index (χ0v) is 20.1. The molecule has 0 saturated heterocycles. The molecule has 2 aromatic carbocycles. The van der Waals surface area contributed by atoms with E-state index < -0.39 is 0 Å². The first-order chi connectivity index (χ1) is 14.4. The van der Waals surface area contributed by atoms with Crippen molar-refractivity contribution in [2.75, 3.05) is 5.75 Å². The van der Waals surface area contributed by atoms with Crippen molar-refractivity contribution >= 4 is 39.8 Å². The Balaban J connectivity index is 1.62. The lowest BCUT2D eigenvalue weighted by atomic mass is 10.1. The molecule has 1 aromatic heterocycles. The highest BCUT2D eigenvalue weighted by Crippen LogP contribution is 2.25. The fourth-order valence-corrected chi connectivity index (χ4v) is 4.93. The predicted molar refractivity (Wildman–Crippen MR) is 131 cm³/mol. The van der Waals surface area contributed by atoms with Crippen molar-refractivity contribution < 1.29 is 4.79 Å². The fourth-order valence-electron chi connectivity index (χ4n) is 3.50. The zero-order valence-electron chi connectivity index (χ0n) is 17.7. The third-order valence-electron chi connectivity index (χ3n) is 4.97. The number of benzene rings is 2. The molecule has 0 radical (unpaired) electrons. The summed E-state index contributed by atoms with van der Waals surface area (Å²) in [4.78, 5) is 12.1. The number of para-hydroxylation sites is 1. The van der Waals surface area contributed by atoms with Gasteiger partial charge < -0.3 is 4.57 Å². The van der Waals surface area contributed by atoms with Crippen molar-refractivity contribution in [1.29, 1.82) is 0 Å². The van der Waals surface area contributed by atoms with Crippen LogP contribution in [0.3, 0.4) is 0 Å². The number of nitrogens with one attached hydrogen (secondary N) is 1. The molecule has 1 amide bonds. The van der Waals surface area contributed by atoms with Gasteiger partial charge in [-0.25, -0.2) is 5.43 Å². The molecule has 1 heterocycles. The third kappa shape index (κ3) is 5.24. The molecular weight excluding hydrogens is 458 g/mol. The van der Waals surface area contributed by atoms with Crippen LogP contribution in [0, 0.1) is 27.7 Å². The number of hydrogen-bond donors (Lipinski definition) is 1. The van der Waals surface area contributed by atoms with Gasteiger partial charge in [-0.15, -0.1) is 11.8 Å². The Morgan fingerprint density at radius 3 is 2.50 bits per heavy atom. The highest BCUT2D eigenvalue weighted by atomic mass is 79.9. The molecule has 30 heavy (non-hydrogen) atoms. The average Bonchev–Trinajstić information content (AvgIpc) is 2.97. The first-order valence-electron chi connectivity index (χ1n) is 9.77. The molecule has 0 bridgehead atoms. The number of halogens is 1. The summed E-state index contributed by atoms with van der Waals surface area (Å²) in [5.74, 6) is 1.03. The Kier molecular flexibility index (Phi) is 7.56. The summed E-state index contributed by atoms with van der Waals surface area (Å²) >= 11 is 5.10. The van der Waals surface area contributed by atoms with Crippen molar-refractivity contribution in [2.45, 2.75) is 33.4 Å². The summed E-state index contributed by atoms with van der Waals surface area (Å²) in [6, 6.07) is 16.5. The number of carbonyl (C=O) groups is 1. The SMILES string of the molecule is Cc1cccc(C)c1-n1c(C)cc(/C=N\NC(=O)CSCc2ccccc2Br)c1C. The lowest BCUT2D eigenvalue weighted by Crippen LogP contribution is -2.19. The normalized spacial score (nSPS) is 11.2. The van der Waals surface area contributed by atoms with Gasteiger partial charge in [0.05, 0.1) is 17.7 Å². The van der Waals surface area contributed by atoms with Gasteiger partial charge in [0.2, 0.25) is 5.91 Å². The number of nitrogens with zero attached hydrogens (tertiary/aromatic N) is 2. The maximum atomic E-state index is 12.1. The molecule has 0 saturated carbocycles. The van der Waals surface area contributed by atoms with E-state index in [0.29, 0.717) is 5.75 Å². The standard InChI is InChI=1S/C24H26BrN3OS/c1-16-8-7-9-17(2)24(16)28-18(3)12-21(19(28)4)13-26-27-23(29)15-30-14-20-10-5-6-11-22(20)25/h5-13H,14-15H2,1-4H3,(H,27,29)/b26-13-. The molecule has 6 heteroatoms. The molecule has 0 atom stereocenters. The second kappa shape index (κ2) is 10.1. The van der Waals surface area contributed by atoms with Crippen LogP contribution < -0.4 is 5.43 Å². The van der Waals surface area contributed by atoms with E-state index in [-0.39, 0.29) is 5.91 Å². The molecule has 0 fully saturated rings. The first kappa shape index (κ1) is 22.4. The van der Waals surface area contributed by atoms with Gasteiger partial charge in [0.1, 0.15) is 0 Å². The minimum absolute atomic E-state index is 0.105. The minimum atomic E-state index is -0.105. The summed E-state index contributed by atoms with van der Waals surface area (Å²) in [7, 11) is 0. The molecule has 0 aliphatic heterocycles. The fraction of sp³-hybridized carbons (Fsp3) is 0.250. The van der Waals surface area contributed by atoms with Crippen LogP contribution in [0.1, 0.15) is 33.6 Å². The monoisotopic (exact) mass is 483 g/mol. The van der Waals surface area contributed by atoms with E-state index in [1.165, 1.54) is 22.4 Å². The summed E-state index contributed by atoms with van der Waals surface area (Å²) in [6.45, 7) is 8.42. The number of aryl methyl sites for hydroxylation is 3. The van der Waals surface area contributed by atoms with Crippen molar-refractivity contribution in [3.05, 3.63) is 86.6 Å². The highest BCUT2D eigenvalue weighted by molar-refractivity contribution is 9.10. The van der Waals surface area contributed by atoms with Crippen molar-refractivity contribution in [3.63, 3.8) is 0 Å². The lowest BCUT2D eigenvalue weighted by molar-refractivity contribution is -0.118. The van der Waals surface area contributed by atoms with Gasteiger partial charge in [0, 0.05) is 27.2 Å². The first-order valence-corrected chi connectivity index (χ1v) is 11.7. The molecule has 1 N–H and O–H groups in total. The molecule has 0 unspecified atom stereocenters. The number of thioether (sulfide) groups is 1. The lowest BCUT2D eigenvalue weighted by Gasteiger charge is -2.15. The Labute approximate surface area is 190 Å². The molecular formula is C24H26BrN3OS. The van der Waals surface area contributed by atoms with Crippen molar-refractivity contribution in [2.24, 2.45) is 5.10 Å². The van der Waals surface area contributed by atoms with Crippen LogP contribution in [0.25, 0.3) is 5.69 Å². The van der Waals surface area contributed by atoms with Gasteiger partial charge in [-0.1, -0.05) is 52.3 Å². The molecule has 156 valence electrons. The number of rotatable bonds is 7. The summed E-state index contributed by atoms with van der Waals surface area (Å²) in [5.41, 5.74) is 10.7. The Bertz CT molecular complexity index is 1070. The number of carbonyl (C=O) groups excluding carboxylic acids is 1. The number of hydrazone groups is 1. The van der Waals surface area contributed by atoms with Crippen LogP contribution in [0.15, 0.2) is 58.1 Å². The minimum Gasteiger partial charge on any atom is -0.317 e. The van der Waals surface area contributed by atoms with E-state index in [2.05, 4.69) is 89.1 Å². The van der Waals surface area contributed by atoms with E-state index in [1.807, 2.05) is 18.2 Å². The van der Waals surface area contributed by atoms with Crippen molar-refractivity contribution in [3.8, 4) is 5.69 Å². The Hall–Kier alpha value is -2.31. The van der Waals surface area contributed by atoms with Crippen LogP contribution >= 0.6 is 27.7 Å². The Morgan fingerprint density at radius 2 is 1.80 bits per heavy atom. The van der Waals surface area contributed by atoms with Gasteiger partial charge in [-0.3, -0.25) is 4.79 Å². The molecule has 3 rings (SSSR count). The molecule has 0 aliphatic rings. The molecule has 3 aromatic rings. The van der Waals surface area contributed by atoms with Crippen LogP contribution in [-0.2, 0) is 10.5 Å². The van der Waals surface area contributed by atoms with Gasteiger partial charge in [0.15, 0.2) is 0 Å². The van der Waals surface area contributed by atoms with Crippen molar-refractivity contribution in [1.82, 2.24) is 9.99 Å². The van der Waals surface area contributed by atoms with Crippen LogP contribution in [0.2, 0.25) is 0 Å². The number of aromatic nitrogens is 1. The van der Waals surface area contributed by atoms with Gasteiger partial charge in [0.25, 0.3) is 0 Å². The van der Waals surface area contributed by atoms with Gasteiger partial charge in [-0.05, 0) is 56.5 Å². The zero-order chi connectivity index (χ0) is 21.7. The van der Waals surface area contributed by atoms with Gasteiger partial charge in [-0.2, -0.15) is 5.10 Å². The number of amides is 1. The highest BCUT2D eigenvalue weighted by Gasteiger charge is 2.13. The predicted octanol–water partition coefficient (Wildman–Crippen LogP) is 5.86. The summed E-state index contributed by atoms with van der Waals surface area (Å²) in [6.07, 6.45) is 1.72. The second-order valence-electron chi connectivity index (χ2n) is 7.28. The quantitative estimate of drug-likeness (QED) is 0.338. The number of hydrogen-bond acceptors (Lipinski definition) is 3. The average molecular weight is 484 g/mol. The largest absolute Gasteiger partial charge is 0.317 e. The van der Waals surface area contributed by atoms with Crippen LogP contribution in [-0.4, -0.2) is 22.4 Å². The Morgan fingerprint density at radius 1 is 1.10 bits per heavy atom. The van der Waals surface area contributed by atoms with E-state index in [4.69, 9.17) is 0 Å².